The third-order valence-corrected chi connectivity index (χ3v) is 5.81. The molecule has 6 nitrogen and oxygen atoms in total. The molecule has 3 heterocycles. The molecule has 1 aliphatic rings. The van der Waals surface area contributed by atoms with Crippen LogP contribution in [0.3, 0.4) is 0 Å². The molecule has 0 N–H and O–H groups in total. The molecule has 0 saturated carbocycles. The third-order valence-electron chi connectivity index (χ3n) is 5.81. The van der Waals surface area contributed by atoms with Gasteiger partial charge in [0.2, 0.25) is 11.9 Å². The van der Waals surface area contributed by atoms with Crippen LogP contribution in [0.1, 0.15) is 42.1 Å². The van der Waals surface area contributed by atoms with Crippen molar-refractivity contribution in [3.63, 3.8) is 0 Å². The van der Waals surface area contributed by atoms with Crippen molar-refractivity contribution < 1.29 is 4.79 Å². The summed E-state index contributed by atoms with van der Waals surface area (Å²) in [7, 11) is 3.87. The Hall–Kier alpha value is -3.28. The molecule has 0 radical (unpaired) electrons. The fraction of sp³-hybridized carbons (Fsp3) is 0.360. The first-order valence-electron chi connectivity index (χ1n) is 10.8. The summed E-state index contributed by atoms with van der Waals surface area (Å²) < 4.78 is 0. The highest BCUT2D eigenvalue weighted by Crippen LogP contribution is 2.36. The minimum absolute atomic E-state index is 0.0587. The van der Waals surface area contributed by atoms with Crippen LogP contribution in [0.4, 0.5) is 5.95 Å². The molecule has 1 saturated heterocycles. The zero-order valence-corrected chi connectivity index (χ0v) is 18.5. The highest BCUT2D eigenvalue weighted by atomic mass is 16.2. The van der Waals surface area contributed by atoms with E-state index in [4.69, 9.17) is 4.98 Å². The van der Waals surface area contributed by atoms with Gasteiger partial charge in [-0.25, -0.2) is 9.97 Å². The van der Waals surface area contributed by atoms with Crippen LogP contribution in [0.25, 0.3) is 11.1 Å². The molecule has 31 heavy (non-hydrogen) atoms. The highest BCUT2D eigenvalue weighted by Gasteiger charge is 2.31. The second kappa shape index (κ2) is 9.25. The molecule has 0 bridgehead atoms. The molecule has 6 heteroatoms. The maximum absolute atomic E-state index is 13.4. The SMILES string of the molecule is Cc1ccc(CC(=O)N2CCCC[C@H]2c2nc(N(C)C)ncc2-c2ccncc2)cc1. The van der Waals surface area contributed by atoms with Gasteiger partial charge < -0.3 is 9.80 Å². The largest absolute Gasteiger partial charge is 0.347 e. The number of piperidine rings is 1. The molecule has 0 spiro atoms. The number of carbonyl (C=O) groups excluding carboxylic acids is 1. The first-order chi connectivity index (χ1) is 15.0. The van der Waals surface area contributed by atoms with E-state index in [1.54, 1.807) is 12.4 Å². The number of hydrogen-bond acceptors (Lipinski definition) is 5. The maximum Gasteiger partial charge on any atom is 0.227 e. The van der Waals surface area contributed by atoms with Crippen molar-refractivity contribution in [3.8, 4) is 11.1 Å². The van der Waals surface area contributed by atoms with Crippen LogP contribution < -0.4 is 4.90 Å². The first kappa shape index (κ1) is 21.0. The Bertz CT molecular complexity index is 1030. The summed E-state index contributed by atoms with van der Waals surface area (Å²) in [6, 6.07) is 12.1. The summed E-state index contributed by atoms with van der Waals surface area (Å²) in [4.78, 5) is 30.9. The summed E-state index contributed by atoms with van der Waals surface area (Å²) in [5.74, 6) is 0.809. The van der Waals surface area contributed by atoms with Gasteiger partial charge in [-0.2, -0.15) is 0 Å². The number of aromatic nitrogens is 3. The van der Waals surface area contributed by atoms with E-state index in [-0.39, 0.29) is 11.9 Å². The van der Waals surface area contributed by atoms with Crippen molar-refractivity contribution in [3.05, 3.63) is 71.8 Å². The van der Waals surface area contributed by atoms with E-state index in [9.17, 15) is 4.79 Å². The van der Waals surface area contributed by atoms with Crippen molar-refractivity contribution in [1.82, 2.24) is 19.9 Å². The Kier molecular flexibility index (Phi) is 6.26. The highest BCUT2D eigenvalue weighted by molar-refractivity contribution is 5.80. The van der Waals surface area contributed by atoms with Gasteiger partial charge in [0.25, 0.3) is 0 Å². The average Bonchev–Trinajstić information content (AvgIpc) is 2.80. The number of rotatable bonds is 5. The van der Waals surface area contributed by atoms with Crippen molar-refractivity contribution in [2.75, 3.05) is 25.5 Å². The number of pyridine rings is 1. The standard InChI is InChI=1S/C25H29N5O/c1-18-7-9-19(10-8-18)16-23(31)30-15-5-4-6-22(30)24-21(20-11-13-26-14-12-20)17-27-25(28-24)29(2)3/h7-14,17,22H,4-6,15-16H2,1-3H3/t22-/m0/s1. The Morgan fingerprint density at radius 1 is 1.10 bits per heavy atom. The van der Waals surface area contributed by atoms with Gasteiger partial charge in [-0.1, -0.05) is 29.8 Å². The molecule has 1 fully saturated rings. The molecule has 3 aromatic rings. The van der Waals surface area contributed by atoms with Crippen LogP contribution in [-0.4, -0.2) is 46.4 Å². The van der Waals surface area contributed by atoms with E-state index >= 15 is 0 Å². The van der Waals surface area contributed by atoms with Gasteiger partial charge in [0.1, 0.15) is 0 Å². The summed E-state index contributed by atoms with van der Waals surface area (Å²) in [6.45, 7) is 2.82. The minimum atomic E-state index is -0.0587. The van der Waals surface area contributed by atoms with Crippen LogP contribution in [0.15, 0.2) is 55.0 Å². The van der Waals surface area contributed by atoms with Gasteiger partial charge in [-0.3, -0.25) is 9.78 Å². The number of amides is 1. The Balaban J connectivity index is 1.70. The Morgan fingerprint density at radius 2 is 1.84 bits per heavy atom. The zero-order valence-electron chi connectivity index (χ0n) is 18.5. The molecular weight excluding hydrogens is 386 g/mol. The van der Waals surface area contributed by atoms with E-state index < -0.39 is 0 Å². The van der Waals surface area contributed by atoms with Crippen LogP contribution in [-0.2, 0) is 11.2 Å². The van der Waals surface area contributed by atoms with Crippen LogP contribution in [0, 0.1) is 6.92 Å². The van der Waals surface area contributed by atoms with Gasteiger partial charge in [0, 0.05) is 44.8 Å². The molecule has 4 rings (SSSR count). The van der Waals surface area contributed by atoms with Gasteiger partial charge in [-0.05, 0) is 49.4 Å². The number of nitrogens with zero attached hydrogens (tertiary/aromatic N) is 5. The minimum Gasteiger partial charge on any atom is -0.347 e. The van der Waals surface area contributed by atoms with Crippen molar-refractivity contribution >= 4 is 11.9 Å². The molecule has 160 valence electrons. The van der Waals surface area contributed by atoms with Crippen LogP contribution >= 0.6 is 0 Å². The normalized spacial score (nSPS) is 16.2. The lowest BCUT2D eigenvalue weighted by molar-refractivity contribution is -0.134. The van der Waals surface area contributed by atoms with Gasteiger partial charge >= 0.3 is 0 Å². The molecule has 1 aromatic carbocycles. The van der Waals surface area contributed by atoms with E-state index in [1.165, 1.54) is 5.56 Å². The number of anilines is 1. The van der Waals surface area contributed by atoms with Crippen molar-refractivity contribution in [2.24, 2.45) is 0 Å². The third kappa shape index (κ3) is 4.74. The van der Waals surface area contributed by atoms with Crippen LogP contribution in [0.2, 0.25) is 0 Å². The van der Waals surface area contributed by atoms with E-state index in [0.29, 0.717) is 12.4 Å². The molecule has 0 aliphatic carbocycles. The summed E-state index contributed by atoms with van der Waals surface area (Å²) in [6.07, 6.45) is 8.85. The fourth-order valence-electron chi connectivity index (χ4n) is 4.11. The van der Waals surface area contributed by atoms with E-state index in [1.807, 2.05) is 54.4 Å². The topological polar surface area (TPSA) is 62.2 Å². The van der Waals surface area contributed by atoms with Gasteiger partial charge in [0.05, 0.1) is 18.2 Å². The van der Waals surface area contributed by atoms with E-state index in [2.05, 4.69) is 29.0 Å². The van der Waals surface area contributed by atoms with Gasteiger partial charge in [0.15, 0.2) is 0 Å². The summed E-state index contributed by atoms with van der Waals surface area (Å²) in [5, 5.41) is 0. The molecule has 2 aromatic heterocycles. The maximum atomic E-state index is 13.4. The number of hydrogen-bond donors (Lipinski definition) is 0. The molecule has 0 unspecified atom stereocenters. The second-order valence-electron chi connectivity index (χ2n) is 8.36. The smallest absolute Gasteiger partial charge is 0.227 e. The lowest BCUT2D eigenvalue weighted by Gasteiger charge is -2.36. The average molecular weight is 416 g/mol. The lowest BCUT2D eigenvalue weighted by Crippen LogP contribution is -2.40. The summed E-state index contributed by atoms with van der Waals surface area (Å²) >= 11 is 0. The Morgan fingerprint density at radius 3 is 2.55 bits per heavy atom. The fourth-order valence-corrected chi connectivity index (χ4v) is 4.11. The monoisotopic (exact) mass is 415 g/mol. The number of likely N-dealkylation sites (tertiary alicyclic amines) is 1. The molecule has 1 atom stereocenters. The van der Waals surface area contributed by atoms with Crippen molar-refractivity contribution in [1.29, 1.82) is 0 Å². The van der Waals surface area contributed by atoms with Crippen LogP contribution in [0.5, 0.6) is 0 Å². The quantitative estimate of drug-likeness (QED) is 0.625. The molecular formula is C25H29N5O. The number of aryl methyl sites for hydroxylation is 1. The molecule has 1 amide bonds. The van der Waals surface area contributed by atoms with Crippen molar-refractivity contribution in [2.45, 2.75) is 38.6 Å². The zero-order chi connectivity index (χ0) is 21.8. The number of carbonyl (C=O) groups is 1. The first-order valence-corrected chi connectivity index (χ1v) is 10.8. The summed E-state index contributed by atoms with van der Waals surface area (Å²) in [5.41, 5.74) is 5.15. The lowest BCUT2D eigenvalue weighted by atomic mass is 9.93. The number of benzene rings is 1. The predicted octanol–water partition coefficient (Wildman–Crippen LogP) is 4.21. The van der Waals surface area contributed by atoms with E-state index in [0.717, 1.165) is 48.2 Å². The predicted molar refractivity (Wildman–Crippen MR) is 123 cm³/mol. The second-order valence-corrected chi connectivity index (χ2v) is 8.36. The van der Waals surface area contributed by atoms with Gasteiger partial charge in [-0.15, -0.1) is 0 Å². The Labute approximate surface area is 184 Å². The molecule has 1 aliphatic heterocycles.